The van der Waals surface area contributed by atoms with Crippen LogP contribution in [0.25, 0.3) is 10.9 Å². The largest absolute Gasteiger partial charge is 0.497 e. The Hall–Kier alpha value is -2.75. The van der Waals surface area contributed by atoms with E-state index in [1.165, 1.54) is 16.5 Å². The maximum absolute atomic E-state index is 13.3. The standard InChI is InChI=1S/C24H26N2O2/c1-28-19-7-8-22-20(15-19)21(16-25-22)17-9-13-26(14-10-17)23(27)24(11-12-24)18-5-3-2-4-6-18/h2-8,15-17,25H,9-14H2,1H3. The Labute approximate surface area is 165 Å². The van der Waals surface area contributed by atoms with Gasteiger partial charge in [0.25, 0.3) is 0 Å². The number of amides is 1. The van der Waals surface area contributed by atoms with Gasteiger partial charge < -0.3 is 14.6 Å². The SMILES string of the molecule is COc1ccc2[nH]cc(C3CCN(C(=O)C4(c5ccccc5)CC4)CC3)c2c1. The lowest BCUT2D eigenvalue weighted by atomic mass is 9.87. The van der Waals surface area contributed by atoms with Crippen molar-refractivity contribution in [1.82, 2.24) is 9.88 Å². The minimum absolute atomic E-state index is 0.248. The Morgan fingerprint density at radius 3 is 2.54 bits per heavy atom. The third-order valence-electron chi connectivity index (χ3n) is 6.63. The summed E-state index contributed by atoms with van der Waals surface area (Å²) in [6.45, 7) is 1.68. The Bertz CT molecular complexity index is 996. The van der Waals surface area contributed by atoms with Crippen LogP contribution in [0, 0.1) is 0 Å². The number of fused-ring (bicyclic) bond motifs is 1. The number of carbonyl (C=O) groups is 1. The highest BCUT2D eigenvalue weighted by Gasteiger charge is 2.53. The van der Waals surface area contributed by atoms with E-state index < -0.39 is 0 Å². The second-order valence-electron chi connectivity index (χ2n) is 8.17. The summed E-state index contributed by atoms with van der Waals surface area (Å²) in [6.07, 6.45) is 6.14. The average Bonchev–Trinajstić information content (AvgIpc) is 3.47. The smallest absolute Gasteiger partial charge is 0.233 e. The van der Waals surface area contributed by atoms with Gasteiger partial charge in [-0.25, -0.2) is 0 Å². The first kappa shape index (κ1) is 17.4. The number of piperidine rings is 1. The van der Waals surface area contributed by atoms with Crippen LogP contribution in [0.5, 0.6) is 5.75 Å². The van der Waals surface area contributed by atoms with Crippen molar-refractivity contribution in [1.29, 1.82) is 0 Å². The average molecular weight is 374 g/mol. The van der Waals surface area contributed by atoms with Gasteiger partial charge in [-0.2, -0.15) is 0 Å². The van der Waals surface area contributed by atoms with E-state index in [-0.39, 0.29) is 5.41 Å². The van der Waals surface area contributed by atoms with Gasteiger partial charge in [0.15, 0.2) is 0 Å². The number of aromatic nitrogens is 1. The number of hydrogen-bond donors (Lipinski definition) is 1. The maximum Gasteiger partial charge on any atom is 0.233 e. The summed E-state index contributed by atoms with van der Waals surface area (Å²) in [5.41, 5.74) is 3.44. The zero-order valence-electron chi connectivity index (χ0n) is 16.3. The van der Waals surface area contributed by atoms with E-state index in [0.29, 0.717) is 11.8 Å². The van der Waals surface area contributed by atoms with Gasteiger partial charge in [0.2, 0.25) is 5.91 Å². The van der Waals surface area contributed by atoms with Crippen molar-refractivity contribution in [2.24, 2.45) is 0 Å². The number of aromatic amines is 1. The van der Waals surface area contributed by atoms with Crippen LogP contribution in [0.15, 0.2) is 54.7 Å². The number of likely N-dealkylation sites (tertiary alicyclic amines) is 1. The molecule has 2 aromatic carbocycles. The van der Waals surface area contributed by atoms with Crippen LogP contribution in [0.1, 0.15) is 42.7 Å². The maximum atomic E-state index is 13.3. The number of carbonyl (C=O) groups excluding carboxylic acids is 1. The minimum Gasteiger partial charge on any atom is -0.497 e. The summed E-state index contributed by atoms with van der Waals surface area (Å²) >= 11 is 0. The molecule has 1 aliphatic carbocycles. The van der Waals surface area contributed by atoms with E-state index >= 15 is 0 Å². The van der Waals surface area contributed by atoms with Crippen LogP contribution in [0.4, 0.5) is 0 Å². The monoisotopic (exact) mass is 374 g/mol. The van der Waals surface area contributed by atoms with E-state index in [1.807, 2.05) is 24.3 Å². The van der Waals surface area contributed by atoms with Gasteiger partial charge in [-0.05, 0) is 60.9 Å². The van der Waals surface area contributed by atoms with Crippen LogP contribution in [0.3, 0.4) is 0 Å². The van der Waals surface area contributed by atoms with E-state index in [2.05, 4.69) is 40.3 Å². The van der Waals surface area contributed by atoms with Gasteiger partial charge >= 0.3 is 0 Å². The Balaban J connectivity index is 1.31. The molecule has 144 valence electrons. The molecule has 1 saturated heterocycles. The van der Waals surface area contributed by atoms with Gasteiger partial charge in [-0.15, -0.1) is 0 Å². The third-order valence-corrected chi connectivity index (χ3v) is 6.63. The molecule has 0 atom stereocenters. The topological polar surface area (TPSA) is 45.3 Å². The van der Waals surface area contributed by atoms with Gasteiger partial charge in [-0.1, -0.05) is 30.3 Å². The van der Waals surface area contributed by atoms with Crippen molar-refractivity contribution >= 4 is 16.8 Å². The van der Waals surface area contributed by atoms with Crippen molar-refractivity contribution < 1.29 is 9.53 Å². The first-order valence-electron chi connectivity index (χ1n) is 10.2. The molecule has 1 aliphatic heterocycles. The molecule has 0 bridgehead atoms. The molecular formula is C24H26N2O2. The molecule has 5 rings (SSSR count). The molecule has 2 aliphatic rings. The molecule has 0 radical (unpaired) electrons. The number of H-pyrrole nitrogens is 1. The highest BCUT2D eigenvalue weighted by atomic mass is 16.5. The van der Waals surface area contributed by atoms with Gasteiger partial charge in [0.05, 0.1) is 12.5 Å². The summed E-state index contributed by atoms with van der Waals surface area (Å²) in [4.78, 5) is 18.8. The number of rotatable bonds is 4. The molecule has 1 N–H and O–H groups in total. The molecule has 4 heteroatoms. The van der Waals surface area contributed by atoms with Crippen LogP contribution >= 0.6 is 0 Å². The fourth-order valence-electron chi connectivity index (χ4n) is 4.79. The molecule has 28 heavy (non-hydrogen) atoms. The summed E-state index contributed by atoms with van der Waals surface area (Å²) in [5, 5.41) is 1.24. The highest BCUT2D eigenvalue weighted by molar-refractivity contribution is 5.91. The number of ether oxygens (including phenoxy) is 1. The van der Waals surface area contributed by atoms with Crippen molar-refractivity contribution in [3.05, 3.63) is 65.9 Å². The molecule has 2 fully saturated rings. The molecule has 0 unspecified atom stereocenters. The number of hydrogen-bond acceptors (Lipinski definition) is 2. The van der Waals surface area contributed by atoms with Crippen LogP contribution < -0.4 is 4.74 Å². The fourth-order valence-corrected chi connectivity index (χ4v) is 4.79. The van der Waals surface area contributed by atoms with Crippen LogP contribution in [-0.4, -0.2) is 36.0 Å². The first-order valence-corrected chi connectivity index (χ1v) is 10.2. The number of benzene rings is 2. The summed E-state index contributed by atoms with van der Waals surface area (Å²) in [5.74, 6) is 1.70. The third kappa shape index (κ3) is 2.79. The molecule has 0 spiro atoms. The quantitative estimate of drug-likeness (QED) is 0.725. The fraction of sp³-hybridized carbons (Fsp3) is 0.375. The lowest BCUT2D eigenvalue weighted by Gasteiger charge is -2.34. The van der Waals surface area contributed by atoms with Gasteiger partial charge in [0, 0.05) is 30.2 Å². The molecule has 4 nitrogen and oxygen atoms in total. The Morgan fingerprint density at radius 1 is 1.11 bits per heavy atom. The zero-order chi connectivity index (χ0) is 19.1. The zero-order valence-corrected chi connectivity index (χ0v) is 16.3. The normalized spacial score (nSPS) is 19.0. The molecule has 1 amide bonds. The first-order chi connectivity index (χ1) is 13.7. The number of nitrogens with one attached hydrogen (secondary N) is 1. The minimum atomic E-state index is -0.248. The summed E-state index contributed by atoms with van der Waals surface area (Å²) in [7, 11) is 1.71. The predicted molar refractivity (Wildman–Crippen MR) is 111 cm³/mol. The molecular weight excluding hydrogens is 348 g/mol. The molecule has 3 aromatic rings. The van der Waals surface area contributed by atoms with Gasteiger partial charge in [-0.3, -0.25) is 4.79 Å². The van der Waals surface area contributed by atoms with Crippen LogP contribution in [-0.2, 0) is 10.2 Å². The second-order valence-corrected chi connectivity index (χ2v) is 8.17. The number of methoxy groups -OCH3 is 1. The molecule has 1 saturated carbocycles. The van der Waals surface area contributed by atoms with Crippen molar-refractivity contribution in [3.8, 4) is 5.75 Å². The summed E-state index contributed by atoms with van der Waals surface area (Å²) < 4.78 is 5.40. The lowest BCUT2D eigenvalue weighted by Crippen LogP contribution is -2.43. The van der Waals surface area contributed by atoms with E-state index in [4.69, 9.17) is 4.74 Å². The Morgan fingerprint density at radius 2 is 1.86 bits per heavy atom. The van der Waals surface area contributed by atoms with Crippen molar-refractivity contribution in [2.45, 2.75) is 37.0 Å². The predicted octanol–water partition coefficient (Wildman–Crippen LogP) is 4.61. The van der Waals surface area contributed by atoms with E-state index in [9.17, 15) is 4.79 Å². The Kier molecular flexibility index (Phi) is 4.15. The molecule has 2 heterocycles. The van der Waals surface area contributed by atoms with Crippen molar-refractivity contribution in [3.63, 3.8) is 0 Å². The second kappa shape index (κ2) is 6.69. The highest BCUT2D eigenvalue weighted by Crippen LogP contribution is 2.50. The van der Waals surface area contributed by atoms with E-state index in [0.717, 1.165) is 50.0 Å². The summed E-state index contributed by atoms with van der Waals surface area (Å²) in [6, 6.07) is 16.5. The van der Waals surface area contributed by atoms with E-state index in [1.54, 1.807) is 7.11 Å². The van der Waals surface area contributed by atoms with Gasteiger partial charge in [0.1, 0.15) is 5.75 Å². The number of nitrogens with zero attached hydrogens (tertiary/aromatic N) is 1. The van der Waals surface area contributed by atoms with Crippen LogP contribution in [0.2, 0.25) is 0 Å². The lowest BCUT2D eigenvalue weighted by molar-refractivity contribution is -0.135. The molecule has 1 aromatic heterocycles. The van der Waals surface area contributed by atoms with Crippen molar-refractivity contribution in [2.75, 3.05) is 20.2 Å².